The molecule has 41 heavy (non-hydrogen) atoms. The van der Waals surface area contributed by atoms with Crippen LogP contribution in [0.5, 0.6) is 23.0 Å². The van der Waals surface area contributed by atoms with Gasteiger partial charge in [-0.2, -0.15) is 0 Å². The zero-order valence-corrected chi connectivity index (χ0v) is 23.8. The molecule has 210 valence electrons. The molecule has 0 bridgehead atoms. The number of Topliss-reactive ketones (excluding diaryl/α,β-unsaturated/α-hetero) is 1. The predicted molar refractivity (Wildman–Crippen MR) is 155 cm³/mol. The minimum atomic E-state index is -0.967. The number of fused-ring (bicyclic) bond motifs is 2. The van der Waals surface area contributed by atoms with E-state index in [4.69, 9.17) is 18.9 Å². The monoisotopic (exact) mass is 572 g/mol. The highest BCUT2D eigenvalue weighted by Crippen LogP contribution is 2.46. The first-order chi connectivity index (χ1) is 19.8. The van der Waals surface area contributed by atoms with Gasteiger partial charge in [0.15, 0.2) is 16.6 Å². The average Bonchev–Trinajstić information content (AvgIpc) is 3.64. The molecule has 2 unspecified atom stereocenters. The van der Waals surface area contributed by atoms with Crippen molar-refractivity contribution in [3.8, 4) is 23.0 Å². The fourth-order valence-corrected chi connectivity index (χ4v) is 6.34. The van der Waals surface area contributed by atoms with Crippen LogP contribution in [0.4, 0.5) is 5.13 Å². The van der Waals surface area contributed by atoms with E-state index in [1.54, 1.807) is 55.6 Å². The second-order valence-corrected chi connectivity index (χ2v) is 10.8. The number of methoxy groups -OCH3 is 2. The average molecular weight is 573 g/mol. The van der Waals surface area contributed by atoms with E-state index >= 15 is 0 Å². The molecule has 0 saturated carbocycles. The Balaban J connectivity index is 1.54. The minimum absolute atomic E-state index is 0.0157. The summed E-state index contributed by atoms with van der Waals surface area (Å²) in [7, 11) is 3.10. The first kappa shape index (κ1) is 26.6. The number of ketones is 1. The molecule has 4 aromatic rings. The van der Waals surface area contributed by atoms with Crippen LogP contribution in [-0.4, -0.2) is 48.7 Å². The summed E-state index contributed by atoms with van der Waals surface area (Å²) in [5.41, 5.74) is 2.53. The predicted octanol–water partition coefficient (Wildman–Crippen LogP) is 5.66. The SMILES string of the molecule is CCOc1ccc(C2/C(=C(\O)c3ccc4c(c3)CC(C)O4)C(=O)C(=O)N2c2nc3ccc(OC)cc3s2)cc1OC. The summed E-state index contributed by atoms with van der Waals surface area (Å²) in [5.74, 6) is 0.498. The van der Waals surface area contributed by atoms with Gasteiger partial charge in [-0.15, -0.1) is 0 Å². The number of aliphatic hydroxyl groups excluding tert-OH is 1. The molecule has 0 spiro atoms. The molecule has 1 saturated heterocycles. The highest BCUT2D eigenvalue weighted by molar-refractivity contribution is 7.22. The largest absolute Gasteiger partial charge is 0.507 e. The van der Waals surface area contributed by atoms with E-state index in [9.17, 15) is 14.7 Å². The van der Waals surface area contributed by atoms with Crippen molar-refractivity contribution in [3.05, 3.63) is 76.9 Å². The minimum Gasteiger partial charge on any atom is -0.507 e. The molecular formula is C31H28N2O7S. The maximum absolute atomic E-state index is 13.7. The zero-order chi connectivity index (χ0) is 28.8. The number of carbonyl (C=O) groups excluding carboxylic acids is 2. The Hall–Kier alpha value is -4.57. The van der Waals surface area contributed by atoms with Gasteiger partial charge in [0.25, 0.3) is 5.78 Å². The van der Waals surface area contributed by atoms with Gasteiger partial charge in [0.2, 0.25) is 0 Å². The number of thiazole rings is 1. The molecule has 2 aliphatic rings. The molecule has 3 aromatic carbocycles. The lowest BCUT2D eigenvalue weighted by atomic mass is 9.94. The lowest BCUT2D eigenvalue weighted by molar-refractivity contribution is -0.132. The number of nitrogens with zero attached hydrogens (tertiary/aromatic N) is 2. The lowest BCUT2D eigenvalue weighted by Crippen LogP contribution is -2.29. The number of benzene rings is 3. The highest BCUT2D eigenvalue weighted by Gasteiger charge is 2.48. The van der Waals surface area contributed by atoms with Gasteiger partial charge in [-0.1, -0.05) is 17.4 Å². The number of hydrogen-bond acceptors (Lipinski definition) is 9. The number of anilines is 1. The number of amides is 1. The van der Waals surface area contributed by atoms with Crippen molar-refractivity contribution < 1.29 is 33.6 Å². The van der Waals surface area contributed by atoms with Crippen molar-refractivity contribution in [2.24, 2.45) is 0 Å². The van der Waals surface area contributed by atoms with Gasteiger partial charge in [-0.25, -0.2) is 4.98 Å². The maximum atomic E-state index is 13.7. The van der Waals surface area contributed by atoms with Gasteiger partial charge >= 0.3 is 5.91 Å². The lowest BCUT2D eigenvalue weighted by Gasteiger charge is -2.24. The molecule has 2 atom stereocenters. The Morgan fingerprint density at radius 3 is 2.66 bits per heavy atom. The number of aliphatic hydroxyl groups is 1. The number of hydrogen-bond donors (Lipinski definition) is 1. The van der Waals surface area contributed by atoms with Crippen LogP contribution in [0.1, 0.15) is 36.6 Å². The molecule has 10 heteroatoms. The first-order valence-corrected chi connectivity index (χ1v) is 14.0. The molecule has 3 heterocycles. The third kappa shape index (κ3) is 4.54. The maximum Gasteiger partial charge on any atom is 0.301 e. The van der Waals surface area contributed by atoms with E-state index in [1.165, 1.54) is 23.3 Å². The van der Waals surface area contributed by atoms with Crippen molar-refractivity contribution in [2.45, 2.75) is 32.4 Å². The van der Waals surface area contributed by atoms with Gasteiger partial charge in [-0.05, 0) is 73.5 Å². The summed E-state index contributed by atoms with van der Waals surface area (Å²) in [6, 6.07) is 14.9. The van der Waals surface area contributed by atoms with Crippen molar-refractivity contribution in [3.63, 3.8) is 0 Å². The Kier molecular flexibility index (Phi) is 6.78. The van der Waals surface area contributed by atoms with E-state index in [-0.39, 0.29) is 17.4 Å². The standard InChI is InChI=1S/C31H28N2O7S/c1-5-39-23-11-6-17(14-24(23)38-4)27-26(28(34)18-7-10-22-19(13-18)12-16(2)40-22)29(35)30(36)33(27)31-32-21-9-8-20(37-3)15-25(21)41-31/h6-11,13-16,27,34H,5,12H2,1-4H3/b28-26+. The van der Waals surface area contributed by atoms with Crippen LogP contribution in [0.2, 0.25) is 0 Å². The Morgan fingerprint density at radius 1 is 1.07 bits per heavy atom. The quantitative estimate of drug-likeness (QED) is 0.172. The van der Waals surface area contributed by atoms with Gasteiger partial charge < -0.3 is 24.1 Å². The molecule has 0 aliphatic carbocycles. The normalized spacial score (nSPS) is 19.4. The van der Waals surface area contributed by atoms with Crippen LogP contribution in [0, 0.1) is 0 Å². The molecule has 1 N–H and O–H groups in total. The van der Waals surface area contributed by atoms with Crippen molar-refractivity contribution in [2.75, 3.05) is 25.7 Å². The Labute approximate surface area is 240 Å². The van der Waals surface area contributed by atoms with Crippen molar-refractivity contribution >= 4 is 44.1 Å². The van der Waals surface area contributed by atoms with E-state index in [0.29, 0.717) is 52.1 Å². The van der Waals surface area contributed by atoms with E-state index in [0.717, 1.165) is 16.0 Å². The third-order valence-corrected chi connectivity index (χ3v) is 8.22. The summed E-state index contributed by atoms with van der Waals surface area (Å²) in [6.07, 6.45) is 0.696. The van der Waals surface area contributed by atoms with Crippen LogP contribution < -0.4 is 23.8 Å². The van der Waals surface area contributed by atoms with Crippen LogP contribution in [0.15, 0.2) is 60.2 Å². The summed E-state index contributed by atoms with van der Waals surface area (Å²) in [6.45, 7) is 4.27. The summed E-state index contributed by atoms with van der Waals surface area (Å²) in [5, 5.41) is 11.9. The van der Waals surface area contributed by atoms with Crippen molar-refractivity contribution in [1.29, 1.82) is 0 Å². The first-order valence-electron chi connectivity index (χ1n) is 13.2. The van der Waals surface area contributed by atoms with Crippen molar-refractivity contribution in [1.82, 2.24) is 4.98 Å². The molecule has 1 aromatic heterocycles. The molecule has 2 aliphatic heterocycles. The second-order valence-electron chi connectivity index (χ2n) is 9.80. The van der Waals surface area contributed by atoms with E-state index < -0.39 is 17.7 Å². The van der Waals surface area contributed by atoms with Crippen LogP contribution in [0.25, 0.3) is 16.0 Å². The number of aromatic nitrogens is 1. The Morgan fingerprint density at radius 2 is 1.90 bits per heavy atom. The summed E-state index contributed by atoms with van der Waals surface area (Å²) >= 11 is 1.26. The molecule has 1 amide bonds. The Bertz CT molecular complexity index is 1730. The highest BCUT2D eigenvalue weighted by atomic mass is 32.1. The topological polar surface area (TPSA) is 107 Å². The summed E-state index contributed by atoms with van der Waals surface area (Å²) in [4.78, 5) is 33.4. The van der Waals surface area contributed by atoms with Gasteiger partial charge in [0.05, 0.1) is 42.7 Å². The fraction of sp³-hybridized carbons (Fsp3) is 0.258. The van der Waals surface area contributed by atoms with Crippen LogP contribution >= 0.6 is 11.3 Å². The second kappa shape index (κ2) is 10.4. The van der Waals surface area contributed by atoms with Crippen LogP contribution in [0.3, 0.4) is 0 Å². The smallest absolute Gasteiger partial charge is 0.301 e. The van der Waals surface area contributed by atoms with Gasteiger partial charge in [0, 0.05) is 12.0 Å². The molecule has 6 rings (SSSR count). The third-order valence-electron chi connectivity index (χ3n) is 7.21. The van der Waals surface area contributed by atoms with E-state index in [1.807, 2.05) is 19.9 Å². The zero-order valence-electron chi connectivity index (χ0n) is 23.0. The fourth-order valence-electron chi connectivity index (χ4n) is 5.32. The molecule has 1 fully saturated rings. The van der Waals surface area contributed by atoms with Gasteiger partial charge in [0.1, 0.15) is 23.4 Å². The molecule has 0 radical (unpaired) electrons. The van der Waals surface area contributed by atoms with Gasteiger partial charge in [-0.3, -0.25) is 14.5 Å². The number of rotatable bonds is 7. The van der Waals surface area contributed by atoms with Crippen LogP contribution in [-0.2, 0) is 16.0 Å². The number of ether oxygens (including phenoxy) is 4. The number of carbonyl (C=O) groups is 2. The van der Waals surface area contributed by atoms with E-state index in [2.05, 4.69) is 4.98 Å². The molecular weight excluding hydrogens is 544 g/mol. The summed E-state index contributed by atoms with van der Waals surface area (Å²) < 4.78 is 23.2. The molecule has 9 nitrogen and oxygen atoms in total.